The Morgan fingerprint density at radius 3 is 2.47 bits per heavy atom. The monoisotopic (exact) mass is 453 g/mol. The number of hydrogen-bond acceptors (Lipinski definition) is 4. The van der Waals surface area contributed by atoms with Gasteiger partial charge in [-0.15, -0.1) is 12.4 Å². The third-order valence-corrected chi connectivity index (χ3v) is 5.52. The summed E-state index contributed by atoms with van der Waals surface area (Å²) in [7, 11) is 3.60. The maximum atomic E-state index is 13.4. The first kappa shape index (κ1) is 23.3. The van der Waals surface area contributed by atoms with Crippen molar-refractivity contribution in [1.82, 2.24) is 5.32 Å². The highest BCUT2D eigenvalue weighted by molar-refractivity contribution is 6.16. The lowest BCUT2D eigenvalue weighted by Crippen LogP contribution is -2.43. The molecule has 1 atom stereocenters. The summed E-state index contributed by atoms with van der Waals surface area (Å²) in [6, 6.07) is 21.4. The van der Waals surface area contributed by atoms with Crippen LogP contribution in [0.1, 0.15) is 21.5 Å². The van der Waals surface area contributed by atoms with Gasteiger partial charge in [0.2, 0.25) is 0 Å². The molecule has 3 aromatic carbocycles. The van der Waals surface area contributed by atoms with E-state index in [1.165, 1.54) is 12.1 Å². The summed E-state index contributed by atoms with van der Waals surface area (Å²) in [5, 5.41) is 3.02. The lowest BCUT2D eigenvalue weighted by molar-refractivity contribution is 0.0951. The van der Waals surface area contributed by atoms with Crippen LogP contribution in [-0.4, -0.2) is 44.9 Å². The van der Waals surface area contributed by atoms with Gasteiger partial charge in [0.25, 0.3) is 5.91 Å². The number of halogens is 2. The van der Waals surface area contributed by atoms with E-state index in [2.05, 4.69) is 10.2 Å². The minimum atomic E-state index is -0.275. The Morgan fingerprint density at radius 1 is 1.09 bits per heavy atom. The molecule has 0 aliphatic carbocycles. The molecule has 5 nitrogen and oxygen atoms in total. The molecule has 1 aliphatic heterocycles. The van der Waals surface area contributed by atoms with E-state index in [-0.39, 0.29) is 30.2 Å². The maximum Gasteiger partial charge on any atom is 0.251 e. The molecule has 1 unspecified atom stereocenters. The molecule has 3 aromatic rings. The number of fused-ring (bicyclic) bond motifs is 1. The Labute approximate surface area is 193 Å². The zero-order valence-electron chi connectivity index (χ0n) is 17.9. The molecule has 32 heavy (non-hydrogen) atoms. The second-order valence-electron chi connectivity index (χ2n) is 7.42. The summed E-state index contributed by atoms with van der Waals surface area (Å²) in [6.45, 7) is 0.941. The van der Waals surface area contributed by atoms with Gasteiger partial charge in [-0.25, -0.2) is 4.39 Å². The number of hydrogen-bond donors (Lipinski definition) is 1. The Morgan fingerprint density at radius 2 is 1.78 bits per heavy atom. The first-order valence-corrected chi connectivity index (χ1v) is 10.1. The molecule has 1 aliphatic rings. The molecule has 4 rings (SSSR count). The van der Waals surface area contributed by atoms with Crippen molar-refractivity contribution >= 4 is 29.7 Å². The van der Waals surface area contributed by atoms with Crippen molar-refractivity contribution in [3.05, 3.63) is 95.3 Å². The molecule has 0 radical (unpaired) electrons. The van der Waals surface area contributed by atoms with Gasteiger partial charge in [0.1, 0.15) is 11.6 Å². The van der Waals surface area contributed by atoms with Crippen molar-refractivity contribution in [2.75, 3.05) is 32.1 Å². The fourth-order valence-corrected chi connectivity index (χ4v) is 3.69. The summed E-state index contributed by atoms with van der Waals surface area (Å²) >= 11 is 0. The number of benzene rings is 3. The second kappa shape index (κ2) is 10.3. The highest BCUT2D eigenvalue weighted by Crippen LogP contribution is 2.27. The van der Waals surface area contributed by atoms with Crippen LogP contribution in [0.4, 0.5) is 10.1 Å². The number of methoxy groups -OCH3 is 1. The summed E-state index contributed by atoms with van der Waals surface area (Å²) < 4.78 is 18.6. The lowest BCUT2D eigenvalue weighted by Gasteiger charge is -2.28. The molecule has 7 heteroatoms. The Kier molecular flexibility index (Phi) is 7.49. The van der Waals surface area contributed by atoms with Crippen LogP contribution in [0.5, 0.6) is 5.75 Å². The summed E-state index contributed by atoms with van der Waals surface area (Å²) in [5.41, 5.74) is 4.27. The Hall–Kier alpha value is -3.38. The van der Waals surface area contributed by atoms with Gasteiger partial charge >= 0.3 is 0 Å². The normalized spacial score (nSPS) is 15.0. The van der Waals surface area contributed by atoms with Crippen molar-refractivity contribution in [1.29, 1.82) is 0 Å². The molecular weight excluding hydrogens is 429 g/mol. The van der Waals surface area contributed by atoms with E-state index >= 15 is 0 Å². The van der Waals surface area contributed by atoms with Crippen molar-refractivity contribution < 1.29 is 13.9 Å². The smallest absolute Gasteiger partial charge is 0.251 e. The van der Waals surface area contributed by atoms with E-state index in [9.17, 15) is 9.18 Å². The van der Waals surface area contributed by atoms with Crippen molar-refractivity contribution in [2.24, 2.45) is 4.99 Å². The van der Waals surface area contributed by atoms with Gasteiger partial charge in [-0.2, -0.15) is 0 Å². The Bertz CT molecular complexity index is 1100. The first-order chi connectivity index (χ1) is 15.1. The number of aliphatic imine (C=N–C) groups is 1. The fourth-order valence-electron chi connectivity index (χ4n) is 3.69. The molecule has 0 fully saturated rings. The average Bonchev–Trinajstić information content (AvgIpc) is 2.95. The first-order valence-electron chi connectivity index (χ1n) is 10.1. The predicted octanol–water partition coefficient (Wildman–Crippen LogP) is 4.34. The number of nitrogens with zero attached hydrogens (tertiary/aromatic N) is 2. The van der Waals surface area contributed by atoms with E-state index in [4.69, 9.17) is 9.73 Å². The number of anilines is 1. The highest BCUT2D eigenvalue weighted by atomic mass is 35.5. The van der Waals surface area contributed by atoms with Gasteiger partial charge in [-0.05, 0) is 54.6 Å². The van der Waals surface area contributed by atoms with Gasteiger partial charge in [0.15, 0.2) is 0 Å². The van der Waals surface area contributed by atoms with Gasteiger partial charge < -0.3 is 15.0 Å². The molecule has 0 bridgehead atoms. The number of benzodiazepines with no additional fused rings is 1. The SMILES string of the molecule is COc1ccc(C(=O)NCC2CN=C(c3ccc(F)cc3)c3ccccc3N2C)cc1.Cl. The summed E-state index contributed by atoms with van der Waals surface area (Å²) in [4.78, 5) is 19.6. The molecule has 0 saturated carbocycles. The summed E-state index contributed by atoms with van der Waals surface area (Å²) in [6.07, 6.45) is 0. The minimum absolute atomic E-state index is 0. The van der Waals surface area contributed by atoms with Crippen LogP contribution < -0.4 is 15.0 Å². The number of ether oxygens (including phenoxy) is 1. The number of amides is 1. The van der Waals surface area contributed by atoms with Crippen LogP contribution in [0.15, 0.2) is 77.8 Å². The average molecular weight is 454 g/mol. The molecular formula is C25H25ClFN3O2. The maximum absolute atomic E-state index is 13.4. The molecule has 0 aromatic heterocycles. The van der Waals surface area contributed by atoms with Crippen molar-refractivity contribution in [2.45, 2.75) is 6.04 Å². The highest BCUT2D eigenvalue weighted by Gasteiger charge is 2.24. The van der Waals surface area contributed by atoms with Crippen LogP contribution in [0.2, 0.25) is 0 Å². The van der Waals surface area contributed by atoms with Gasteiger partial charge in [-0.1, -0.05) is 18.2 Å². The topological polar surface area (TPSA) is 53.9 Å². The number of carbonyl (C=O) groups excluding carboxylic acids is 1. The number of carbonyl (C=O) groups is 1. The molecule has 1 amide bonds. The van der Waals surface area contributed by atoms with E-state index < -0.39 is 0 Å². The number of para-hydroxylation sites is 1. The third kappa shape index (κ3) is 4.92. The fraction of sp³-hybridized carbons (Fsp3) is 0.200. The van der Waals surface area contributed by atoms with E-state index in [1.54, 1.807) is 43.5 Å². The third-order valence-electron chi connectivity index (χ3n) is 5.52. The molecule has 0 saturated heterocycles. The van der Waals surface area contributed by atoms with E-state index in [1.807, 2.05) is 31.3 Å². The van der Waals surface area contributed by atoms with Gasteiger partial charge in [0.05, 0.1) is 25.4 Å². The van der Waals surface area contributed by atoms with Crippen molar-refractivity contribution in [3.63, 3.8) is 0 Å². The standard InChI is InChI=1S/C25H24FN3O2.ClH/c1-29-20(16-28-25(30)18-9-13-21(31-2)14-10-18)15-27-24(17-7-11-19(26)12-8-17)22-5-3-4-6-23(22)29;/h3-14,20H,15-16H2,1-2H3,(H,28,30);1H. The van der Waals surface area contributed by atoms with Crippen molar-refractivity contribution in [3.8, 4) is 5.75 Å². The Balaban J connectivity index is 0.00000289. The predicted molar refractivity (Wildman–Crippen MR) is 128 cm³/mol. The minimum Gasteiger partial charge on any atom is -0.497 e. The van der Waals surface area contributed by atoms with Crippen LogP contribution in [0, 0.1) is 5.82 Å². The van der Waals surface area contributed by atoms with Gasteiger partial charge in [-0.3, -0.25) is 9.79 Å². The molecule has 1 N–H and O–H groups in total. The second-order valence-corrected chi connectivity index (χ2v) is 7.42. The zero-order chi connectivity index (χ0) is 21.8. The number of nitrogens with one attached hydrogen (secondary N) is 1. The van der Waals surface area contributed by atoms with Crippen LogP contribution in [-0.2, 0) is 0 Å². The quantitative estimate of drug-likeness (QED) is 0.625. The van der Waals surface area contributed by atoms with Crippen LogP contribution in [0.3, 0.4) is 0 Å². The van der Waals surface area contributed by atoms with Gasteiger partial charge in [0, 0.05) is 36.0 Å². The molecule has 1 heterocycles. The van der Waals surface area contributed by atoms with Crippen LogP contribution >= 0.6 is 12.4 Å². The van der Waals surface area contributed by atoms with Crippen LogP contribution in [0.25, 0.3) is 0 Å². The largest absolute Gasteiger partial charge is 0.497 e. The number of rotatable bonds is 5. The summed E-state index contributed by atoms with van der Waals surface area (Å²) in [5.74, 6) is 0.290. The van der Waals surface area contributed by atoms with E-state index in [0.29, 0.717) is 24.4 Å². The van der Waals surface area contributed by atoms with E-state index in [0.717, 1.165) is 22.5 Å². The number of likely N-dealkylation sites (N-methyl/N-ethyl adjacent to an activating group) is 1. The lowest BCUT2D eigenvalue weighted by atomic mass is 10.0. The zero-order valence-corrected chi connectivity index (χ0v) is 18.7. The molecule has 0 spiro atoms. The molecule has 166 valence electrons.